The highest BCUT2D eigenvalue weighted by Gasteiger charge is 2.25. The first-order chi connectivity index (χ1) is 10.6. The molecule has 0 fully saturated rings. The summed E-state index contributed by atoms with van der Waals surface area (Å²) in [5, 5.41) is 14.5. The van der Waals surface area contributed by atoms with Crippen LogP contribution >= 0.6 is 0 Å². The minimum absolute atomic E-state index is 0.114. The fourth-order valence-electron chi connectivity index (χ4n) is 2.12. The lowest BCUT2D eigenvalue weighted by Crippen LogP contribution is -1.95. The van der Waals surface area contributed by atoms with Crippen molar-refractivity contribution in [2.75, 3.05) is 0 Å². The number of nitro groups is 1. The number of benzene rings is 1. The van der Waals surface area contributed by atoms with E-state index < -0.39 is 10.8 Å². The van der Waals surface area contributed by atoms with Gasteiger partial charge in [0, 0.05) is 5.56 Å². The number of hydrogen-bond donors (Lipinski definition) is 0. The van der Waals surface area contributed by atoms with E-state index in [2.05, 4.69) is 5.16 Å². The summed E-state index contributed by atoms with van der Waals surface area (Å²) >= 11 is 0. The second-order valence-corrected chi connectivity index (χ2v) is 4.55. The van der Waals surface area contributed by atoms with E-state index in [0.717, 1.165) is 0 Å². The van der Waals surface area contributed by atoms with Crippen molar-refractivity contribution in [1.29, 1.82) is 0 Å². The van der Waals surface area contributed by atoms with Crippen LogP contribution in [0.25, 0.3) is 22.8 Å². The van der Waals surface area contributed by atoms with Crippen molar-refractivity contribution >= 4 is 11.7 Å². The van der Waals surface area contributed by atoms with Crippen LogP contribution in [-0.4, -0.2) is 15.9 Å². The molecule has 0 unspecified atom stereocenters. The van der Waals surface area contributed by atoms with Gasteiger partial charge < -0.3 is 8.94 Å². The Bertz CT molecular complexity index is 848. The average Bonchev–Trinajstić information content (AvgIpc) is 3.14. The summed E-state index contributed by atoms with van der Waals surface area (Å²) in [7, 11) is 0. The van der Waals surface area contributed by atoms with Crippen molar-refractivity contribution in [3.63, 3.8) is 0 Å². The highest BCUT2D eigenvalue weighted by atomic mass is 16.6. The minimum atomic E-state index is -0.658. The molecule has 0 N–H and O–H groups in total. The van der Waals surface area contributed by atoms with Gasteiger partial charge in [-0.25, -0.2) is 0 Å². The molecule has 7 heteroatoms. The Hall–Kier alpha value is -3.22. The molecule has 3 rings (SSSR count). The Labute approximate surface area is 124 Å². The normalized spacial score (nSPS) is 10.6. The Morgan fingerprint density at radius 3 is 2.50 bits per heavy atom. The lowest BCUT2D eigenvalue weighted by Gasteiger charge is -1.98. The second kappa shape index (κ2) is 5.28. The van der Waals surface area contributed by atoms with Crippen LogP contribution in [0.15, 0.2) is 51.4 Å². The smallest absolute Gasteiger partial charge is 0.399 e. The van der Waals surface area contributed by atoms with E-state index in [4.69, 9.17) is 8.94 Å². The maximum absolute atomic E-state index is 12.0. The van der Waals surface area contributed by atoms with Crippen molar-refractivity contribution < 1.29 is 18.7 Å². The van der Waals surface area contributed by atoms with Gasteiger partial charge in [-0.05, 0) is 13.0 Å². The molecular formula is C15H10N2O5. The third-order valence-corrected chi connectivity index (χ3v) is 3.09. The van der Waals surface area contributed by atoms with Gasteiger partial charge in [-0.15, -0.1) is 0 Å². The first-order valence-electron chi connectivity index (χ1n) is 6.38. The molecule has 0 saturated heterocycles. The summed E-state index contributed by atoms with van der Waals surface area (Å²) in [6.07, 6.45) is 0. The van der Waals surface area contributed by atoms with Gasteiger partial charge in [0.25, 0.3) is 0 Å². The van der Waals surface area contributed by atoms with Gasteiger partial charge in [-0.1, -0.05) is 35.5 Å². The zero-order valence-corrected chi connectivity index (χ0v) is 11.5. The fraction of sp³-hybridized carbons (Fsp3) is 0.0667. The number of nitrogens with zero attached hydrogens (tertiary/aromatic N) is 2. The number of rotatable bonds is 4. The molecule has 0 bridgehead atoms. The van der Waals surface area contributed by atoms with Crippen molar-refractivity contribution in [3.05, 3.63) is 58.1 Å². The van der Waals surface area contributed by atoms with E-state index in [9.17, 15) is 14.9 Å². The van der Waals surface area contributed by atoms with Crippen LogP contribution in [-0.2, 0) is 0 Å². The van der Waals surface area contributed by atoms with Crippen LogP contribution in [0.4, 0.5) is 5.88 Å². The van der Waals surface area contributed by atoms with Gasteiger partial charge in [-0.3, -0.25) is 14.9 Å². The molecule has 0 aliphatic rings. The molecule has 2 heterocycles. The summed E-state index contributed by atoms with van der Waals surface area (Å²) in [5.41, 5.74) is 1.07. The number of carbonyl (C=O) groups excluding carboxylic acids is 1. The number of aromatic nitrogens is 1. The van der Waals surface area contributed by atoms with Crippen LogP contribution in [0, 0.1) is 10.1 Å². The van der Waals surface area contributed by atoms with E-state index in [1.807, 2.05) is 6.07 Å². The van der Waals surface area contributed by atoms with Crippen molar-refractivity contribution in [2.24, 2.45) is 0 Å². The van der Waals surface area contributed by atoms with Crippen molar-refractivity contribution in [3.8, 4) is 22.8 Å². The van der Waals surface area contributed by atoms with Crippen LogP contribution in [0.5, 0.6) is 0 Å². The topological polar surface area (TPSA) is 99.4 Å². The summed E-state index contributed by atoms with van der Waals surface area (Å²) in [4.78, 5) is 22.0. The molecule has 1 aromatic carbocycles. The second-order valence-electron chi connectivity index (χ2n) is 4.55. The van der Waals surface area contributed by atoms with Crippen LogP contribution < -0.4 is 0 Å². The number of Topliss-reactive ketones (excluding diaryl/α,β-unsaturated/α-hetero) is 1. The van der Waals surface area contributed by atoms with E-state index in [1.54, 1.807) is 24.3 Å². The summed E-state index contributed by atoms with van der Waals surface area (Å²) < 4.78 is 10.4. The molecule has 2 aromatic heterocycles. The highest BCUT2D eigenvalue weighted by molar-refractivity contribution is 6.04. The molecule has 0 aliphatic carbocycles. The molecule has 22 heavy (non-hydrogen) atoms. The molecule has 3 aromatic rings. The molecule has 0 atom stereocenters. The van der Waals surface area contributed by atoms with Crippen LogP contribution in [0.3, 0.4) is 0 Å². The largest absolute Gasteiger partial charge is 0.433 e. The monoisotopic (exact) mass is 298 g/mol. The third-order valence-electron chi connectivity index (χ3n) is 3.09. The van der Waals surface area contributed by atoms with E-state index >= 15 is 0 Å². The molecule has 0 radical (unpaired) electrons. The zero-order valence-electron chi connectivity index (χ0n) is 11.5. The Morgan fingerprint density at radius 1 is 1.18 bits per heavy atom. The summed E-state index contributed by atoms with van der Waals surface area (Å²) in [6, 6.07) is 11.6. The first-order valence-corrected chi connectivity index (χ1v) is 6.38. The van der Waals surface area contributed by atoms with Crippen molar-refractivity contribution in [2.45, 2.75) is 6.92 Å². The van der Waals surface area contributed by atoms with Gasteiger partial charge in [0.15, 0.2) is 23.0 Å². The van der Waals surface area contributed by atoms with Gasteiger partial charge in [0.05, 0.1) is 11.6 Å². The number of furan rings is 1. The SMILES string of the molecule is CC(=O)c1c(-c2ccc([N+](=O)[O-])o2)noc1-c1ccccc1. The van der Waals surface area contributed by atoms with Crippen LogP contribution in [0.1, 0.15) is 17.3 Å². The summed E-state index contributed by atoms with van der Waals surface area (Å²) in [5.74, 6) is -0.270. The predicted molar refractivity (Wildman–Crippen MR) is 76.3 cm³/mol. The van der Waals surface area contributed by atoms with E-state index in [-0.39, 0.29) is 22.8 Å². The minimum Gasteiger partial charge on any atom is -0.399 e. The van der Waals surface area contributed by atoms with Crippen LogP contribution in [0.2, 0.25) is 0 Å². The lowest BCUT2D eigenvalue weighted by atomic mass is 10.0. The molecule has 0 amide bonds. The standard InChI is InChI=1S/C15H10N2O5/c1-9(18)13-14(11-7-8-12(21-11)17(19)20)16-22-15(13)10-5-3-2-4-6-10/h2-8H,1H3. The van der Waals surface area contributed by atoms with E-state index in [1.165, 1.54) is 19.1 Å². The molecule has 0 spiro atoms. The predicted octanol–water partition coefficient (Wildman–Crippen LogP) is 3.71. The molecule has 7 nitrogen and oxygen atoms in total. The molecule has 0 saturated carbocycles. The maximum atomic E-state index is 12.0. The molecule has 0 aliphatic heterocycles. The molecule has 110 valence electrons. The van der Waals surface area contributed by atoms with Gasteiger partial charge in [0.1, 0.15) is 4.92 Å². The van der Waals surface area contributed by atoms with Gasteiger partial charge in [-0.2, -0.15) is 0 Å². The Balaban J connectivity index is 2.15. The number of ketones is 1. The fourth-order valence-corrected chi connectivity index (χ4v) is 2.12. The van der Waals surface area contributed by atoms with Crippen molar-refractivity contribution in [1.82, 2.24) is 5.16 Å². The number of carbonyl (C=O) groups is 1. The molecular weight excluding hydrogens is 288 g/mol. The summed E-state index contributed by atoms with van der Waals surface area (Å²) in [6.45, 7) is 1.37. The Kier molecular flexibility index (Phi) is 3.30. The third kappa shape index (κ3) is 2.28. The number of hydrogen-bond acceptors (Lipinski definition) is 6. The zero-order chi connectivity index (χ0) is 15.7. The lowest BCUT2D eigenvalue weighted by molar-refractivity contribution is -0.401. The van der Waals surface area contributed by atoms with Gasteiger partial charge >= 0.3 is 5.88 Å². The average molecular weight is 298 g/mol. The van der Waals surface area contributed by atoms with E-state index in [0.29, 0.717) is 11.3 Å². The maximum Gasteiger partial charge on any atom is 0.433 e. The Morgan fingerprint density at radius 2 is 1.91 bits per heavy atom. The highest BCUT2D eigenvalue weighted by Crippen LogP contribution is 2.34. The quantitative estimate of drug-likeness (QED) is 0.413. The first kappa shape index (κ1) is 13.7. The van der Waals surface area contributed by atoms with Gasteiger partial charge in [0.2, 0.25) is 0 Å².